The van der Waals surface area contributed by atoms with Gasteiger partial charge in [0.15, 0.2) is 5.65 Å². The van der Waals surface area contributed by atoms with Gasteiger partial charge in [-0.05, 0) is 40.5 Å². The lowest BCUT2D eigenvalue weighted by atomic mass is 10.1. The van der Waals surface area contributed by atoms with Gasteiger partial charge in [-0.15, -0.1) is 0 Å². The summed E-state index contributed by atoms with van der Waals surface area (Å²) in [6, 6.07) is 7.83. The van der Waals surface area contributed by atoms with Crippen molar-refractivity contribution in [1.82, 2.24) is 15.0 Å². The van der Waals surface area contributed by atoms with Gasteiger partial charge < -0.3 is 4.98 Å². The van der Waals surface area contributed by atoms with Crippen molar-refractivity contribution in [1.29, 1.82) is 0 Å². The van der Waals surface area contributed by atoms with E-state index in [9.17, 15) is 0 Å². The topological polar surface area (TPSA) is 41.6 Å². The molecule has 0 saturated carbocycles. The van der Waals surface area contributed by atoms with E-state index in [1.54, 1.807) is 6.20 Å². The largest absolute Gasteiger partial charge is 0.337 e. The van der Waals surface area contributed by atoms with E-state index in [0.717, 1.165) is 32.0 Å². The first-order valence-corrected chi connectivity index (χ1v) is 6.58. The summed E-state index contributed by atoms with van der Waals surface area (Å²) in [5.74, 6) is 0.775. The van der Waals surface area contributed by atoms with E-state index in [0.29, 0.717) is 5.65 Å². The number of pyridine rings is 1. The number of aromatic nitrogens is 3. The van der Waals surface area contributed by atoms with Crippen molar-refractivity contribution in [2.24, 2.45) is 0 Å². The maximum absolute atomic E-state index is 6.12. The Balaban J connectivity index is 2.16. The van der Waals surface area contributed by atoms with Crippen molar-refractivity contribution in [2.75, 3.05) is 0 Å². The Morgan fingerprint density at radius 2 is 2.11 bits per heavy atom. The van der Waals surface area contributed by atoms with E-state index >= 15 is 0 Å². The third-order valence-corrected chi connectivity index (χ3v) is 3.59. The Kier molecular flexibility index (Phi) is 2.84. The molecule has 0 atom stereocenters. The van der Waals surface area contributed by atoms with E-state index < -0.39 is 0 Å². The molecule has 0 aliphatic carbocycles. The maximum atomic E-state index is 6.12. The number of aromatic amines is 1. The second-order valence-electron chi connectivity index (χ2n) is 4.07. The van der Waals surface area contributed by atoms with Crippen molar-refractivity contribution >= 4 is 38.7 Å². The van der Waals surface area contributed by atoms with Crippen LogP contribution in [0.25, 0.3) is 22.6 Å². The van der Waals surface area contributed by atoms with Crippen molar-refractivity contribution in [3.63, 3.8) is 0 Å². The number of nitrogens with zero attached hydrogens (tertiary/aromatic N) is 2. The van der Waals surface area contributed by atoms with Gasteiger partial charge in [0.2, 0.25) is 0 Å². The zero-order chi connectivity index (χ0) is 12.7. The van der Waals surface area contributed by atoms with Gasteiger partial charge in [0.1, 0.15) is 5.82 Å². The first-order chi connectivity index (χ1) is 8.63. The Morgan fingerprint density at radius 1 is 1.28 bits per heavy atom. The highest BCUT2D eigenvalue weighted by molar-refractivity contribution is 9.10. The lowest BCUT2D eigenvalue weighted by Crippen LogP contribution is -1.82. The third kappa shape index (κ3) is 2.02. The smallest absolute Gasteiger partial charge is 0.178 e. The van der Waals surface area contributed by atoms with Gasteiger partial charge in [0.05, 0.1) is 5.52 Å². The van der Waals surface area contributed by atoms with Gasteiger partial charge in [0, 0.05) is 21.3 Å². The predicted octanol–water partition coefficient (Wildman–Crippen LogP) is 4.35. The molecule has 0 saturated heterocycles. The maximum Gasteiger partial charge on any atom is 0.178 e. The van der Waals surface area contributed by atoms with Crippen molar-refractivity contribution < 1.29 is 0 Å². The van der Waals surface area contributed by atoms with Crippen LogP contribution in [0.4, 0.5) is 0 Å². The summed E-state index contributed by atoms with van der Waals surface area (Å²) in [6.07, 6.45) is 1.73. The molecule has 0 spiro atoms. The highest BCUT2D eigenvalue weighted by atomic mass is 79.9. The molecule has 0 unspecified atom stereocenters. The number of halogens is 2. The van der Waals surface area contributed by atoms with E-state index in [1.807, 2.05) is 31.2 Å². The van der Waals surface area contributed by atoms with Crippen molar-refractivity contribution in [3.05, 3.63) is 45.5 Å². The molecule has 1 aromatic carbocycles. The number of fused-ring (bicyclic) bond motifs is 1. The van der Waals surface area contributed by atoms with Crippen LogP contribution in [0.1, 0.15) is 5.56 Å². The van der Waals surface area contributed by atoms with Crippen molar-refractivity contribution in [2.45, 2.75) is 6.92 Å². The number of benzene rings is 1. The molecule has 0 fully saturated rings. The molecule has 0 aliphatic heterocycles. The highest BCUT2D eigenvalue weighted by Crippen LogP contribution is 2.25. The molecule has 18 heavy (non-hydrogen) atoms. The van der Waals surface area contributed by atoms with Gasteiger partial charge in [0.25, 0.3) is 0 Å². The van der Waals surface area contributed by atoms with Crippen LogP contribution in [0.3, 0.4) is 0 Å². The molecule has 2 aromatic heterocycles. The summed E-state index contributed by atoms with van der Waals surface area (Å²) < 4.78 is 0.923. The molecule has 0 aliphatic rings. The van der Waals surface area contributed by atoms with Crippen molar-refractivity contribution in [3.8, 4) is 11.4 Å². The van der Waals surface area contributed by atoms with E-state index in [-0.39, 0.29) is 0 Å². The summed E-state index contributed by atoms with van der Waals surface area (Å²) >= 11 is 9.51. The van der Waals surface area contributed by atoms with Crippen LogP contribution < -0.4 is 0 Å². The normalized spacial score (nSPS) is 11.1. The molecule has 0 bridgehead atoms. The van der Waals surface area contributed by atoms with Gasteiger partial charge in [-0.3, -0.25) is 0 Å². The van der Waals surface area contributed by atoms with Crippen LogP contribution in [0, 0.1) is 6.92 Å². The summed E-state index contributed by atoms with van der Waals surface area (Å²) in [7, 11) is 0. The Morgan fingerprint density at radius 3 is 2.89 bits per heavy atom. The van der Waals surface area contributed by atoms with Gasteiger partial charge in [-0.25, -0.2) is 9.97 Å². The van der Waals surface area contributed by atoms with E-state index in [2.05, 4.69) is 30.9 Å². The number of imidazole rings is 1. The first kappa shape index (κ1) is 11.7. The fraction of sp³-hybridized carbons (Fsp3) is 0.0769. The second-order valence-corrected chi connectivity index (χ2v) is 5.40. The molecular weight excluding hydrogens is 314 g/mol. The first-order valence-electron chi connectivity index (χ1n) is 5.41. The van der Waals surface area contributed by atoms with Gasteiger partial charge in [-0.2, -0.15) is 0 Å². The zero-order valence-electron chi connectivity index (χ0n) is 9.54. The third-order valence-electron chi connectivity index (χ3n) is 2.75. The minimum absolute atomic E-state index is 0.699. The number of nitrogens with one attached hydrogen (secondary N) is 1. The van der Waals surface area contributed by atoms with Crippen LogP contribution >= 0.6 is 27.5 Å². The fourth-order valence-corrected chi connectivity index (χ4v) is 2.26. The molecule has 90 valence electrons. The Bertz CT molecular complexity index is 736. The number of hydrogen-bond acceptors (Lipinski definition) is 2. The zero-order valence-corrected chi connectivity index (χ0v) is 11.9. The predicted molar refractivity (Wildman–Crippen MR) is 76.8 cm³/mol. The lowest BCUT2D eigenvalue weighted by Gasteiger charge is -2.00. The lowest BCUT2D eigenvalue weighted by molar-refractivity contribution is 1.29. The quantitative estimate of drug-likeness (QED) is 0.723. The molecule has 3 nitrogen and oxygen atoms in total. The van der Waals surface area contributed by atoms with Gasteiger partial charge in [-0.1, -0.05) is 23.7 Å². The summed E-state index contributed by atoms with van der Waals surface area (Å²) in [5.41, 5.74) is 3.61. The summed E-state index contributed by atoms with van der Waals surface area (Å²) in [5, 5.41) is 0.738. The Labute approximate surface area is 117 Å². The van der Waals surface area contributed by atoms with E-state index in [1.165, 1.54) is 0 Å². The standard InChI is InChI=1S/C13H9BrClN3/c1-7-2-3-8(4-10(7)15)12-17-11-5-9(14)6-16-13(11)18-12/h2-6H,1H3,(H,16,17,18). The highest BCUT2D eigenvalue weighted by Gasteiger charge is 2.07. The average molecular weight is 323 g/mol. The minimum Gasteiger partial charge on any atom is -0.337 e. The van der Waals surface area contributed by atoms with E-state index in [4.69, 9.17) is 11.6 Å². The monoisotopic (exact) mass is 321 g/mol. The average Bonchev–Trinajstić information content (AvgIpc) is 2.75. The summed E-state index contributed by atoms with van der Waals surface area (Å²) in [6.45, 7) is 1.98. The van der Waals surface area contributed by atoms with Crippen LogP contribution in [0.15, 0.2) is 34.9 Å². The number of aryl methyl sites for hydroxylation is 1. The van der Waals surface area contributed by atoms with Crippen LogP contribution in [0.5, 0.6) is 0 Å². The number of rotatable bonds is 1. The molecule has 3 aromatic rings. The number of hydrogen-bond donors (Lipinski definition) is 1. The van der Waals surface area contributed by atoms with Crippen LogP contribution in [0.2, 0.25) is 5.02 Å². The molecular formula is C13H9BrClN3. The Hall–Kier alpha value is -1.39. The second kappa shape index (κ2) is 4.37. The van der Waals surface area contributed by atoms with Crippen LogP contribution in [-0.2, 0) is 0 Å². The molecule has 0 radical (unpaired) electrons. The molecule has 5 heteroatoms. The molecule has 1 N–H and O–H groups in total. The summed E-state index contributed by atoms with van der Waals surface area (Å²) in [4.78, 5) is 11.9. The SMILES string of the molecule is Cc1ccc(-c2nc3ncc(Br)cc3[nH]2)cc1Cl. The van der Waals surface area contributed by atoms with Crippen LogP contribution in [-0.4, -0.2) is 15.0 Å². The molecule has 2 heterocycles. The fourth-order valence-electron chi connectivity index (χ4n) is 1.75. The molecule has 3 rings (SSSR count). The minimum atomic E-state index is 0.699. The van der Waals surface area contributed by atoms with Gasteiger partial charge >= 0.3 is 0 Å². The molecule has 0 amide bonds. The number of H-pyrrole nitrogens is 1.